The monoisotopic (exact) mass is 650 g/mol. The Bertz CT molecular complexity index is 1890. The van der Waals surface area contributed by atoms with E-state index in [0.717, 1.165) is 18.9 Å². The molecule has 1 saturated heterocycles. The number of ether oxygens (including phenoxy) is 1. The molecule has 47 heavy (non-hydrogen) atoms. The van der Waals surface area contributed by atoms with Crippen molar-refractivity contribution in [1.82, 2.24) is 24.6 Å². The minimum atomic E-state index is -4.74. The number of likely N-dealkylation sites (tertiary alicyclic amines) is 1. The summed E-state index contributed by atoms with van der Waals surface area (Å²) in [4.78, 5) is 32.5. The zero-order chi connectivity index (χ0) is 33.0. The maximum atomic E-state index is 14.5. The van der Waals surface area contributed by atoms with Gasteiger partial charge in [-0.2, -0.15) is 13.2 Å². The Morgan fingerprint density at radius 1 is 1.06 bits per heavy atom. The molecule has 1 aliphatic carbocycles. The second-order valence-electron chi connectivity index (χ2n) is 12.2. The van der Waals surface area contributed by atoms with Gasteiger partial charge in [-0.05, 0) is 84.3 Å². The van der Waals surface area contributed by atoms with Crippen molar-refractivity contribution in [2.45, 2.75) is 57.0 Å². The first-order chi connectivity index (χ1) is 22.5. The highest BCUT2D eigenvalue weighted by atomic mass is 19.4. The third kappa shape index (κ3) is 5.93. The van der Waals surface area contributed by atoms with Gasteiger partial charge in [-0.1, -0.05) is 6.07 Å². The molecule has 0 radical (unpaired) electrons. The number of carbonyl (C=O) groups is 2. The molecule has 3 aliphatic rings. The number of fused-ring (bicyclic) bond motifs is 1. The molecule has 2 aromatic heterocycles. The van der Waals surface area contributed by atoms with Gasteiger partial charge in [0.2, 0.25) is 0 Å². The van der Waals surface area contributed by atoms with Crippen molar-refractivity contribution < 1.29 is 37.0 Å². The predicted molar refractivity (Wildman–Crippen MR) is 161 cm³/mol. The molecule has 14 heteroatoms. The summed E-state index contributed by atoms with van der Waals surface area (Å²) in [5, 5.41) is 17.4. The van der Waals surface area contributed by atoms with Gasteiger partial charge in [-0.15, -0.1) is 10.2 Å². The Hall–Kier alpha value is -4.85. The van der Waals surface area contributed by atoms with Crippen LogP contribution < -0.4 is 4.90 Å². The topological polar surface area (TPSA) is 114 Å². The molecule has 0 unspecified atom stereocenters. The normalized spacial score (nSPS) is 17.9. The first-order valence-corrected chi connectivity index (χ1v) is 15.3. The second-order valence-corrected chi connectivity index (χ2v) is 12.2. The first-order valence-electron chi connectivity index (χ1n) is 15.3. The van der Waals surface area contributed by atoms with Crippen LogP contribution in [0, 0.1) is 5.82 Å². The highest BCUT2D eigenvalue weighted by Gasteiger charge is 2.41. The molecule has 4 heterocycles. The quantitative estimate of drug-likeness (QED) is 0.220. The Morgan fingerprint density at radius 3 is 2.57 bits per heavy atom. The standard InChI is InChI=1S/C33H30F4N6O4/c1-41-17-38-40-30(41)24-13-21(34)6-7-23(24)20-11-28(19-4-5-19)39-29(12-20)43-14-26-25(31(43)44)9-18(10-27(26)33(35,36)37)15-47-16-22-3-2-8-42(22)32(45)46/h6-7,9-13,17,19,22H,2-5,8,14-16H2,1H3,(H,45,46)/t22-/m1/s1. The third-order valence-corrected chi connectivity index (χ3v) is 8.96. The van der Waals surface area contributed by atoms with Crippen molar-refractivity contribution in [3.05, 3.63) is 82.6 Å². The van der Waals surface area contributed by atoms with Gasteiger partial charge in [-0.25, -0.2) is 14.2 Å². The number of carbonyl (C=O) groups excluding carboxylic acids is 1. The number of amides is 2. The van der Waals surface area contributed by atoms with Gasteiger partial charge in [0.1, 0.15) is 18.0 Å². The molecule has 10 nitrogen and oxygen atoms in total. The molecule has 1 N–H and O–H groups in total. The summed E-state index contributed by atoms with van der Waals surface area (Å²) >= 11 is 0. The van der Waals surface area contributed by atoms with Crippen LogP contribution in [0.25, 0.3) is 22.5 Å². The van der Waals surface area contributed by atoms with E-state index in [1.54, 1.807) is 23.7 Å². The van der Waals surface area contributed by atoms with Crippen LogP contribution in [0.1, 0.15) is 64.3 Å². The fourth-order valence-electron chi connectivity index (χ4n) is 6.46. The van der Waals surface area contributed by atoms with Crippen molar-refractivity contribution in [3.63, 3.8) is 0 Å². The molecule has 1 atom stereocenters. The molecule has 2 fully saturated rings. The number of hydrogen-bond acceptors (Lipinski definition) is 6. The van der Waals surface area contributed by atoms with E-state index in [9.17, 15) is 32.3 Å². The van der Waals surface area contributed by atoms with Crippen LogP contribution in [0.2, 0.25) is 0 Å². The van der Waals surface area contributed by atoms with E-state index in [0.29, 0.717) is 47.6 Å². The summed E-state index contributed by atoms with van der Waals surface area (Å²) in [7, 11) is 1.73. The first kappa shape index (κ1) is 30.8. The number of nitrogens with zero attached hydrogens (tertiary/aromatic N) is 6. The number of hydrogen-bond donors (Lipinski definition) is 1. The van der Waals surface area contributed by atoms with E-state index in [2.05, 4.69) is 10.2 Å². The summed E-state index contributed by atoms with van der Waals surface area (Å²) in [6.07, 6.45) is -1.26. The van der Waals surface area contributed by atoms with Gasteiger partial charge < -0.3 is 19.3 Å². The van der Waals surface area contributed by atoms with Crippen molar-refractivity contribution in [2.24, 2.45) is 7.05 Å². The lowest BCUT2D eigenvalue weighted by atomic mass is 9.98. The number of halogens is 4. The van der Waals surface area contributed by atoms with Crippen molar-refractivity contribution in [1.29, 1.82) is 0 Å². The molecule has 0 spiro atoms. The lowest BCUT2D eigenvalue weighted by Gasteiger charge is -2.21. The average molecular weight is 651 g/mol. The van der Waals surface area contributed by atoms with Crippen molar-refractivity contribution in [2.75, 3.05) is 18.1 Å². The van der Waals surface area contributed by atoms with E-state index in [4.69, 9.17) is 9.72 Å². The van der Waals surface area contributed by atoms with E-state index in [-0.39, 0.29) is 54.2 Å². The molecular formula is C33H30F4N6O4. The predicted octanol–water partition coefficient (Wildman–Crippen LogP) is 6.40. The highest BCUT2D eigenvalue weighted by Crippen LogP contribution is 2.44. The molecule has 1 saturated carbocycles. The van der Waals surface area contributed by atoms with E-state index in [1.165, 1.54) is 34.3 Å². The summed E-state index contributed by atoms with van der Waals surface area (Å²) < 4.78 is 65.0. The Morgan fingerprint density at radius 2 is 1.87 bits per heavy atom. The van der Waals surface area contributed by atoms with Crippen LogP contribution in [0.3, 0.4) is 0 Å². The lowest BCUT2D eigenvalue weighted by Crippen LogP contribution is -2.37. The third-order valence-electron chi connectivity index (χ3n) is 8.96. The van der Waals surface area contributed by atoms with Gasteiger partial charge in [0, 0.05) is 36.3 Å². The largest absolute Gasteiger partial charge is 0.465 e. The smallest absolute Gasteiger partial charge is 0.416 e. The minimum absolute atomic E-state index is 0.0329. The molecule has 7 rings (SSSR count). The number of benzene rings is 2. The van der Waals surface area contributed by atoms with Gasteiger partial charge in [0.15, 0.2) is 5.82 Å². The SMILES string of the molecule is Cn1cnnc1-c1cc(F)ccc1-c1cc(C2CC2)nc(N2Cc3c(cc(COC[C@H]4CCCN4C(=O)O)cc3C(F)(F)F)C2=O)c1. The Labute approximate surface area is 266 Å². The van der Waals surface area contributed by atoms with Crippen molar-refractivity contribution in [3.8, 4) is 22.5 Å². The minimum Gasteiger partial charge on any atom is -0.465 e. The van der Waals surface area contributed by atoms with Crippen LogP contribution in [0.4, 0.5) is 28.2 Å². The van der Waals surface area contributed by atoms with Crippen LogP contribution in [0.5, 0.6) is 0 Å². The molecule has 4 aromatic rings. The van der Waals surface area contributed by atoms with E-state index < -0.39 is 29.6 Å². The zero-order valence-corrected chi connectivity index (χ0v) is 25.3. The van der Waals surface area contributed by atoms with Crippen LogP contribution in [-0.2, 0) is 31.1 Å². The highest BCUT2D eigenvalue weighted by molar-refractivity contribution is 6.10. The van der Waals surface area contributed by atoms with E-state index >= 15 is 0 Å². The zero-order valence-electron chi connectivity index (χ0n) is 25.3. The van der Waals surface area contributed by atoms with Crippen LogP contribution in [-0.4, -0.2) is 60.9 Å². The summed E-state index contributed by atoms with van der Waals surface area (Å²) in [6.45, 7) is -0.140. The van der Waals surface area contributed by atoms with Crippen LogP contribution >= 0.6 is 0 Å². The average Bonchev–Trinajstić information content (AvgIpc) is 3.47. The summed E-state index contributed by atoms with van der Waals surface area (Å²) in [5.74, 6) is -0.350. The summed E-state index contributed by atoms with van der Waals surface area (Å²) in [6, 6.07) is 9.79. The summed E-state index contributed by atoms with van der Waals surface area (Å²) in [5.41, 5.74) is 1.37. The van der Waals surface area contributed by atoms with Crippen LogP contribution in [0.15, 0.2) is 48.8 Å². The molecule has 2 aliphatic heterocycles. The molecular weight excluding hydrogens is 620 g/mol. The van der Waals surface area contributed by atoms with Gasteiger partial charge in [-0.3, -0.25) is 9.69 Å². The maximum absolute atomic E-state index is 14.5. The second kappa shape index (κ2) is 11.7. The van der Waals surface area contributed by atoms with E-state index in [1.807, 2.05) is 6.07 Å². The molecule has 0 bridgehead atoms. The van der Waals surface area contributed by atoms with Gasteiger partial charge in [0.25, 0.3) is 5.91 Å². The lowest BCUT2D eigenvalue weighted by molar-refractivity contribution is -0.138. The Balaban J connectivity index is 1.22. The molecule has 244 valence electrons. The van der Waals surface area contributed by atoms with Gasteiger partial charge in [0.05, 0.1) is 31.4 Å². The Kier molecular flexibility index (Phi) is 7.69. The molecule has 2 aromatic carbocycles. The fraction of sp³-hybridized carbons (Fsp3) is 0.364. The van der Waals surface area contributed by atoms with Crippen molar-refractivity contribution >= 4 is 17.8 Å². The number of carboxylic acid groups (broad SMARTS) is 1. The van der Waals surface area contributed by atoms with Gasteiger partial charge >= 0.3 is 12.3 Å². The number of aromatic nitrogens is 4. The number of pyridine rings is 1. The maximum Gasteiger partial charge on any atom is 0.416 e. The number of rotatable bonds is 8. The fourth-order valence-corrected chi connectivity index (χ4v) is 6.46. The number of aryl methyl sites for hydroxylation is 1. The molecule has 2 amide bonds. The number of anilines is 1. The number of alkyl halides is 3.